The minimum absolute atomic E-state index is 0.00881. The molecule has 310 valence electrons. The third kappa shape index (κ3) is 10.6. The lowest BCUT2D eigenvalue weighted by Crippen LogP contribution is -2.54. The summed E-state index contributed by atoms with van der Waals surface area (Å²) in [5.41, 5.74) is 0. The van der Waals surface area contributed by atoms with Crippen LogP contribution < -0.4 is 0 Å². The van der Waals surface area contributed by atoms with E-state index in [-0.39, 0.29) is 39.0 Å². The van der Waals surface area contributed by atoms with Gasteiger partial charge in [-0.1, -0.05) is 62.3 Å². The maximum absolute atomic E-state index is 11.4. The van der Waals surface area contributed by atoms with Crippen LogP contribution in [0, 0.1) is 0 Å². The van der Waals surface area contributed by atoms with Gasteiger partial charge in [0.15, 0.2) is 49.5 Å². The predicted molar refractivity (Wildman–Crippen MR) is 210 cm³/mol. The Balaban J connectivity index is 0.000000381. The van der Waals surface area contributed by atoms with E-state index in [0.717, 1.165) is 0 Å². The normalized spacial score (nSPS) is 27.9. The molecule has 3 unspecified atom stereocenters. The van der Waals surface area contributed by atoms with Crippen LogP contribution in [0.4, 0.5) is 0 Å². The molecule has 0 amide bonds. The summed E-state index contributed by atoms with van der Waals surface area (Å²) in [4.78, 5) is 19.4. The second-order valence-corrected chi connectivity index (χ2v) is 33.3. The van der Waals surface area contributed by atoms with Crippen LogP contribution in [0.3, 0.4) is 0 Å². The third-order valence-corrected chi connectivity index (χ3v) is 25.2. The highest BCUT2D eigenvalue weighted by atomic mass is 28.4. The van der Waals surface area contributed by atoms with E-state index in [1.54, 1.807) is 11.0 Å². The molecule has 2 aromatic rings. The highest BCUT2D eigenvalue weighted by Gasteiger charge is 2.55. The fourth-order valence-electron chi connectivity index (χ4n) is 5.03. The monoisotopic (exact) mass is 816 g/mol. The Kier molecular flexibility index (Phi) is 14.7. The van der Waals surface area contributed by atoms with Gasteiger partial charge in [-0.2, -0.15) is 5.10 Å². The molecule has 2 fully saturated rings. The molecule has 0 spiro atoms. The molecule has 4 rings (SSSR count). The van der Waals surface area contributed by atoms with Crippen molar-refractivity contribution in [2.24, 2.45) is 0 Å². The molecule has 9 atom stereocenters. The fourth-order valence-corrected chi connectivity index (χ4v) is 8.65. The predicted octanol–water partition coefficient (Wildman–Crippen LogP) is 4.73. The number of aromatic nitrogens is 6. The first kappa shape index (κ1) is 46.6. The first-order valence-corrected chi connectivity index (χ1v) is 27.4. The molecule has 0 radical (unpaired) electrons. The molecular formula is C35H68N6O10Si3. The first-order valence-electron chi connectivity index (χ1n) is 18.7. The molecule has 0 bridgehead atoms. The third-order valence-electron chi connectivity index (χ3n) is 11.7. The zero-order chi connectivity index (χ0) is 41.4. The Bertz CT molecular complexity index is 1520. The number of rotatable bonds is 12. The van der Waals surface area contributed by atoms with Gasteiger partial charge in [0.05, 0.1) is 13.2 Å². The Labute approximate surface area is 324 Å². The van der Waals surface area contributed by atoms with Gasteiger partial charge in [-0.05, 0) is 61.3 Å². The molecule has 2 saturated heterocycles. The van der Waals surface area contributed by atoms with E-state index in [9.17, 15) is 20.1 Å². The molecular weight excluding hydrogens is 749 g/mol. The minimum Gasteiger partial charge on any atom is -0.414 e. The number of carbonyl (C=O) groups is 1. The molecule has 2 aromatic heterocycles. The second kappa shape index (κ2) is 17.0. The number of aliphatic hydroxyl groups excluding tert-OH is 4. The van der Waals surface area contributed by atoms with Crippen molar-refractivity contribution in [2.75, 3.05) is 13.2 Å². The van der Waals surface area contributed by atoms with Crippen molar-refractivity contribution < 1.29 is 48.0 Å². The van der Waals surface area contributed by atoms with Crippen molar-refractivity contribution in [1.29, 1.82) is 0 Å². The van der Waals surface area contributed by atoms with Crippen LogP contribution in [0.1, 0.15) is 104 Å². The Morgan fingerprint density at radius 1 is 0.759 bits per heavy atom. The lowest BCUT2D eigenvalue weighted by atomic mass is 10.1. The summed E-state index contributed by atoms with van der Waals surface area (Å²) in [6.07, 6.45) is -3.14. The highest BCUT2D eigenvalue weighted by Crippen LogP contribution is 2.46. The van der Waals surface area contributed by atoms with Gasteiger partial charge in [-0.3, -0.25) is 4.79 Å². The van der Waals surface area contributed by atoms with Crippen molar-refractivity contribution in [3.05, 3.63) is 24.3 Å². The minimum atomic E-state index is -2.24. The van der Waals surface area contributed by atoms with E-state index in [0.29, 0.717) is 12.9 Å². The summed E-state index contributed by atoms with van der Waals surface area (Å²) >= 11 is 0. The highest BCUT2D eigenvalue weighted by molar-refractivity contribution is 6.75. The van der Waals surface area contributed by atoms with Crippen LogP contribution in [-0.4, -0.2) is 131 Å². The molecule has 0 saturated carbocycles. The van der Waals surface area contributed by atoms with Crippen molar-refractivity contribution in [3.8, 4) is 0 Å². The van der Waals surface area contributed by atoms with Crippen LogP contribution in [0.5, 0.6) is 0 Å². The summed E-state index contributed by atoms with van der Waals surface area (Å²) in [7, 11) is -6.48. The Hall–Kier alpha value is -1.76. The van der Waals surface area contributed by atoms with Crippen LogP contribution >= 0.6 is 0 Å². The average molecular weight is 817 g/mol. The number of hydrogen-bond acceptors (Lipinski definition) is 14. The molecule has 2 aliphatic rings. The zero-order valence-corrected chi connectivity index (χ0v) is 38.3. The van der Waals surface area contributed by atoms with E-state index < -0.39 is 74.5 Å². The molecule has 4 N–H and O–H groups in total. The number of carbonyl (C=O) groups excluding carboxylic acids is 1. The summed E-state index contributed by atoms with van der Waals surface area (Å²) in [6.45, 7) is 35.2. The topological polar surface area (TPSA) is 206 Å². The maximum atomic E-state index is 11.4. The van der Waals surface area contributed by atoms with Gasteiger partial charge in [0.25, 0.3) is 0 Å². The van der Waals surface area contributed by atoms with Gasteiger partial charge in [-0.15, -0.1) is 5.10 Å². The Morgan fingerprint density at radius 3 is 1.67 bits per heavy atom. The van der Waals surface area contributed by atoms with Gasteiger partial charge in [-0.25, -0.2) is 19.3 Å². The summed E-state index contributed by atoms with van der Waals surface area (Å²) in [5.74, 6) is 0.320. The lowest BCUT2D eigenvalue weighted by molar-refractivity contribution is -0.0591. The molecule has 54 heavy (non-hydrogen) atoms. The van der Waals surface area contributed by atoms with Gasteiger partial charge >= 0.3 is 0 Å². The largest absolute Gasteiger partial charge is 0.414 e. The maximum Gasteiger partial charge on any atom is 0.214 e. The van der Waals surface area contributed by atoms with Gasteiger partial charge in [0.2, 0.25) is 5.82 Å². The van der Waals surface area contributed by atoms with Crippen LogP contribution in [0.15, 0.2) is 12.7 Å². The summed E-state index contributed by atoms with van der Waals surface area (Å²) in [6, 6.07) is 0. The van der Waals surface area contributed by atoms with E-state index in [2.05, 4.69) is 122 Å². The quantitative estimate of drug-likeness (QED) is 0.169. The smallest absolute Gasteiger partial charge is 0.214 e. The van der Waals surface area contributed by atoms with E-state index in [1.165, 1.54) is 17.9 Å². The Morgan fingerprint density at radius 2 is 1.24 bits per heavy atom. The fraction of sp³-hybridized carbons (Fsp3) is 0.857. The van der Waals surface area contributed by atoms with Crippen molar-refractivity contribution >= 4 is 31.2 Å². The number of nitrogens with zero attached hydrogens (tertiary/aromatic N) is 6. The van der Waals surface area contributed by atoms with Crippen molar-refractivity contribution in [1.82, 2.24) is 29.5 Å². The van der Waals surface area contributed by atoms with Gasteiger partial charge < -0.3 is 43.2 Å². The molecule has 2 aliphatic heterocycles. The number of aliphatic hydroxyl groups is 4. The molecule has 0 aliphatic carbocycles. The van der Waals surface area contributed by atoms with E-state index in [1.807, 2.05) is 0 Å². The number of hydrogen-bond donors (Lipinski definition) is 4. The SMILES string of the molecule is CC(C)(C)[Si](C)(C)OC[C@H]1O[C@@H](n2cnc(C=O)n2)[C@@H](O[Si](C)(C)C(C)(C)C)C1O[Si](C)(C)C(C)(C)C.CC(O)c1ncn([C@@H]2O[C@H](CO)C(O)[C@@H]2O)n1. The number of ether oxygens (including phenoxy) is 2. The van der Waals surface area contributed by atoms with Crippen molar-refractivity contribution in [2.45, 2.75) is 179 Å². The zero-order valence-electron chi connectivity index (χ0n) is 35.3. The molecule has 16 nitrogen and oxygen atoms in total. The first-order chi connectivity index (χ1) is 24.5. The molecule has 19 heteroatoms. The van der Waals surface area contributed by atoms with Gasteiger partial charge in [0.1, 0.15) is 55.4 Å². The van der Waals surface area contributed by atoms with Gasteiger partial charge in [0, 0.05) is 0 Å². The summed E-state index contributed by atoms with van der Waals surface area (Å²) in [5, 5.41) is 45.9. The van der Waals surface area contributed by atoms with Crippen molar-refractivity contribution in [3.63, 3.8) is 0 Å². The number of aldehydes is 1. The average Bonchev–Trinajstić information content (AvgIpc) is 3.82. The molecule has 4 heterocycles. The standard InChI is InChI=1S/C26H53N3O5Si3.C9H15N3O5/c1-24(2,3)35(10,11)31-17-19-21(33-36(12,13)25(4,5)6)22(34-37(14,15)26(7,8)9)23(32-19)29-18-27-20(16-30)28-29;1-4(14)8-10-3-12(11-8)9-7(16)6(15)5(2-13)17-9/h16,18-19,21-23H,17H2,1-15H3;3-7,9,13-16H,2H2,1H3/t19-,21?,22+,23-;4?,5-,6?,7+,9-/m11/s1. The second-order valence-electron chi connectivity index (χ2n) is 19.0. The van der Waals surface area contributed by atoms with E-state index in [4.69, 9.17) is 27.9 Å². The molecule has 0 aromatic carbocycles. The van der Waals surface area contributed by atoms with Crippen LogP contribution in [-0.2, 0) is 22.8 Å². The lowest BCUT2D eigenvalue weighted by Gasteiger charge is -2.44. The van der Waals surface area contributed by atoms with Crippen LogP contribution in [0.25, 0.3) is 0 Å². The summed E-state index contributed by atoms with van der Waals surface area (Å²) < 4.78 is 35.6. The van der Waals surface area contributed by atoms with E-state index >= 15 is 0 Å². The van der Waals surface area contributed by atoms with Crippen LogP contribution in [0.2, 0.25) is 54.4 Å².